The molecule has 184 valence electrons. The van der Waals surface area contributed by atoms with Gasteiger partial charge in [0.15, 0.2) is 0 Å². The van der Waals surface area contributed by atoms with E-state index in [0.29, 0.717) is 24.3 Å². The molecule has 5 rings (SSSR count). The number of anilines is 2. The standard InChI is InChI=1S/C26H37N5O3/c1-2-10-27-14-16-28(17-15-27)24(32)19-31-23-18-20(25(33)29-11-5-6-12-29)8-9-21(23)30-13-4-3-7-22(30)26(31)34/h8-9,18,22H,2-7,10-17,19H2,1H3. The van der Waals surface area contributed by atoms with Crippen LogP contribution in [0.4, 0.5) is 11.4 Å². The van der Waals surface area contributed by atoms with Crippen molar-refractivity contribution >= 4 is 29.1 Å². The van der Waals surface area contributed by atoms with Crippen LogP contribution in [-0.4, -0.2) is 97.4 Å². The maximum atomic E-state index is 13.6. The predicted octanol–water partition coefficient (Wildman–Crippen LogP) is 2.18. The number of nitrogens with zero attached hydrogens (tertiary/aromatic N) is 5. The van der Waals surface area contributed by atoms with E-state index in [4.69, 9.17) is 0 Å². The third-order valence-electron chi connectivity index (χ3n) is 7.83. The Labute approximate surface area is 202 Å². The van der Waals surface area contributed by atoms with E-state index < -0.39 is 0 Å². The Morgan fingerprint density at radius 2 is 1.62 bits per heavy atom. The summed E-state index contributed by atoms with van der Waals surface area (Å²) in [5, 5.41) is 0. The number of piperidine rings is 1. The Morgan fingerprint density at radius 1 is 0.882 bits per heavy atom. The average molecular weight is 468 g/mol. The SMILES string of the molecule is CCCN1CCN(C(=O)CN2C(=O)C3CCCCN3c3ccc(C(=O)N4CCCC4)cc32)CC1. The van der Waals surface area contributed by atoms with Gasteiger partial charge in [-0.3, -0.25) is 24.2 Å². The van der Waals surface area contributed by atoms with Gasteiger partial charge in [0.25, 0.3) is 5.91 Å². The summed E-state index contributed by atoms with van der Waals surface area (Å²) in [5.41, 5.74) is 2.29. The molecule has 1 aromatic rings. The van der Waals surface area contributed by atoms with Crippen molar-refractivity contribution < 1.29 is 14.4 Å². The summed E-state index contributed by atoms with van der Waals surface area (Å²) in [6, 6.07) is 5.53. The van der Waals surface area contributed by atoms with Gasteiger partial charge in [0.05, 0.1) is 11.4 Å². The number of hydrogen-bond acceptors (Lipinski definition) is 5. The Kier molecular flexibility index (Phi) is 6.77. The molecule has 4 aliphatic rings. The zero-order valence-corrected chi connectivity index (χ0v) is 20.4. The number of fused-ring (bicyclic) bond motifs is 3. The highest BCUT2D eigenvalue weighted by atomic mass is 16.2. The van der Waals surface area contributed by atoms with Crippen LogP contribution < -0.4 is 9.80 Å². The fourth-order valence-corrected chi connectivity index (χ4v) is 5.93. The minimum absolute atomic E-state index is 0.00372. The lowest BCUT2D eigenvalue weighted by atomic mass is 9.95. The summed E-state index contributed by atoms with van der Waals surface area (Å²) in [6.07, 6.45) is 6.08. The lowest BCUT2D eigenvalue weighted by Crippen LogP contribution is -2.58. The van der Waals surface area contributed by atoms with Crippen LogP contribution in [0.2, 0.25) is 0 Å². The molecule has 0 saturated carbocycles. The number of carbonyl (C=O) groups excluding carboxylic acids is 3. The molecule has 3 saturated heterocycles. The number of likely N-dealkylation sites (tertiary alicyclic amines) is 1. The van der Waals surface area contributed by atoms with E-state index in [9.17, 15) is 14.4 Å². The first-order chi connectivity index (χ1) is 16.6. The Hall–Kier alpha value is -2.61. The van der Waals surface area contributed by atoms with Gasteiger partial charge in [0.2, 0.25) is 11.8 Å². The smallest absolute Gasteiger partial charge is 0.253 e. The lowest BCUT2D eigenvalue weighted by Gasteiger charge is -2.45. The summed E-state index contributed by atoms with van der Waals surface area (Å²) in [4.78, 5) is 50.0. The summed E-state index contributed by atoms with van der Waals surface area (Å²) >= 11 is 0. The molecule has 8 heteroatoms. The number of rotatable bonds is 5. The average Bonchev–Trinajstić information content (AvgIpc) is 3.41. The van der Waals surface area contributed by atoms with Crippen molar-refractivity contribution in [3.63, 3.8) is 0 Å². The zero-order valence-electron chi connectivity index (χ0n) is 20.4. The Balaban J connectivity index is 1.40. The number of benzene rings is 1. The van der Waals surface area contributed by atoms with Crippen molar-refractivity contribution in [3.05, 3.63) is 23.8 Å². The summed E-state index contributed by atoms with van der Waals surface area (Å²) in [5.74, 6) is 0.0127. The number of hydrogen-bond donors (Lipinski definition) is 0. The topological polar surface area (TPSA) is 67.4 Å². The van der Waals surface area contributed by atoms with E-state index in [1.165, 1.54) is 0 Å². The molecule has 0 bridgehead atoms. The molecule has 1 atom stereocenters. The van der Waals surface area contributed by atoms with Gasteiger partial charge in [0, 0.05) is 51.4 Å². The molecule has 8 nitrogen and oxygen atoms in total. The van der Waals surface area contributed by atoms with Crippen LogP contribution >= 0.6 is 0 Å². The van der Waals surface area contributed by atoms with Gasteiger partial charge in [-0.25, -0.2) is 0 Å². The molecule has 1 unspecified atom stereocenters. The normalized spacial score (nSPS) is 23.2. The second kappa shape index (κ2) is 9.94. The van der Waals surface area contributed by atoms with Gasteiger partial charge >= 0.3 is 0 Å². The predicted molar refractivity (Wildman–Crippen MR) is 132 cm³/mol. The van der Waals surface area contributed by atoms with E-state index in [1.54, 1.807) is 4.90 Å². The molecule has 1 aromatic carbocycles. The minimum Gasteiger partial charge on any atom is -0.358 e. The summed E-state index contributed by atoms with van der Waals surface area (Å²) in [6.45, 7) is 8.87. The fourth-order valence-electron chi connectivity index (χ4n) is 5.93. The van der Waals surface area contributed by atoms with Crippen LogP contribution in [0.25, 0.3) is 0 Å². The van der Waals surface area contributed by atoms with Crippen molar-refractivity contribution in [1.29, 1.82) is 0 Å². The number of amides is 3. The highest BCUT2D eigenvalue weighted by molar-refractivity contribution is 6.09. The molecule has 34 heavy (non-hydrogen) atoms. The fraction of sp³-hybridized carbons (Fsp3) is 0.654. The number of carbonyl (C=O) groups is 3. The van der Waals surface area contributed by atoms with E-state index >= 15 is 0 Å². The third-order valence-corrected chi connectivity index (χ3v) is 7.83. The van der Waals surface area contributed by atoms with Crippen molar-refractivity contribution in [2.24, 2.45) is 0 Å². The van der Waals surface area contributed by atoms with Crippen LogP contribution in [0.3, 0.4) is 0 Å². The van der Waals surface area contributed by atoms with Gasteiger partial charge in [-0.05, 0) is 63.3 Å². The largest absolute Gasteiger partial charge is 0.358 e. The number of piperazine rings is 1. The second-order valence-corrected chi connectivity index (χ2v) is 10.1. The molecule has 4 aliphatic heterocycles. The Morgan fingerprint density at radius 3 is 2.35 bits per heavy atom. The van der Waals surface area contributed by atoms with Crippen molar-refractivity contribution in [2.45, 2.75) is 51.5 Å². The highest BCUT2D eigenvalue weighted by Crippen LogP contribution is 2.40. The summed E-state index contributed by atoms with van der Waals surface area (Å²) in [7, 11) is 0. The molecule has 4 heterocycles. The van der Waals surface area contributed by atoms with Gasteiger partial charge in [-0.1, -0.05) is 6.92 Å². The highest BCUT2D eigenvalue weighted by Gasteiger charge is 2.41. The molecule has 3 amide bonds. The Bertz CT molecular complexity index is 936. The van der Waals surface area contributed by atoms with Crippen molar-refractivity contribution in [3.8, 4) is 0 Å². The quantitative estimate of drug-likeness (QED) is 0.664. The molecule has 0 N–H and O–H groups in total. The van der Waals surface area contributed by atoms with Crippen molar-refractivity contribution in [2.75, 3.05) is 68.7 Å². The lowest BCUT2D eigenvalue weighted by molar-refractivity contribution is -0.133. The van der Waals surface area contributed by atoms with E-state index in [2.05, 4.69) is 16.7 Å². The van der Waals surface area contributed by atoms with Gasteiger partial charge in [-0.2, -0.15) is 0 Å². The van der Waals surface area contributed by atoms with Crippen LogP contribution in [0, 0.1) is 0 Å². The minimum atomic E-state index is -0.212. The maximum Gasteiger partial charge on any atom is 0.253 e. The van der Waals surface area contributed by atoms with E-state index in [-0.39, 0.29) is 30.3 Å². The van der Waals surface area contributed by atoms with Crippen LogP contribution in [0.15, 0.2) is 18.2 Å². The van der Waals surface area contributed by atoms with Gasteiger partial charge in [0.1, 0.15) is 12.6 Å². The molecular formula is C26H37N5O3. The molecular weight excluding hydrogens is 430 g/mol. The summed E-state index contributed by atoms with van der Waals surface area (Å²) < 4.78 is 0. The molecule has 0 aromatic heterocycles. The second-order valence-electron chi connectivity index (χ2n) is 10.1. The van der Waals surface area contributed by atoms with Crippen molar-refractivity contribution in [1.82, 2.24) is 14.7 Å². The first-order valence-electron chi connectivity index (χ1n) is 13.1. The zero-order chi connectivity index (χ0) is 23.7. The van der Waals surface area contributed by atoms with Gasteiger partial charge in [-0.15, -0.1) is 0 Å². The van der Waals surface area contributed by atoms with E-state index in [0.717, 1.165) is 83.5 Å². The molecule has 0 radical (unpaired) electrons. The van der Waals surface area contributed by atoms with Gasteiger partial charge < -0.3 is 14.7 Å². The first kappa shape index (κ1) is 23.1. The third kappa shape index (κ3) is 4.40. The molecule has 0 aliphatic carbocycles. The maximum absolute atomic E-state index is 13.6. The monoisotopic (exact) mass is 467 g/mol. The van der Waals surface area contributed by atoms with Crippen LogP contribution in [-0.2, 0) is 9.59 Å². The first-order valence-corrected chi connectivity index (χ1v) is 13.1. The molecule has 3 fully saturated rings. The molecule has 0 spiro atoms. The van der Waals surface area contributed by atoms with Crippen LogP contribution in [0.1, 0.15) is 55.8 Å². The van der Waals surface area contributed by atoms with Crippen LogP contribution in [0.5, 0.6) is 0 Å². The van der Waals surface area contributed by atoms with E-state index in [1.807, 2.05) is 28.0 Å².